The summed E-state index contributed by atoms with van der Waals surface area (Å²) in [6.45, 7) is 2.13. The highest BCUT2D eigenvalue weighted by molar-refractivity contribution is 5.97. The molecule has 8 unspecified atom stereocenters. The van der Waals surface area contributed by atoms with Gasteiger partial charge in [0, 0.05) is 24.7 Å². The van der Waals surface area contributed by atoms with Crippen molar-refractivity contribution in [1.82, 2.24) is 41.9 Å². The van der Waals surface area contributed by atoms with Crippen LogP contribution >= 0.6 is 0 Å². The number of nitrogens with one attached hydrogen (secondary N) is 7. The zero-order valence-corrected chi connectivity index (χ0v) is 31.6. The second-order valence-corrected chi connectivity index (χ2v) is 13.2. The summed E-state index contributed by atoms with van der Waals surface area (Å²) < 4.78 is 0. The van der Waals surface area contributed by atoms with Crippen LogP contribution in [-0.2, 0) is 44.8 Å². The van der Waals surface area contributed by atoms with Gasteiger partial charge in [-0.15, -0.1) is 0 Å². The number of aromatic amines is 1. The topological polar surface area (TPSA) is 402 Å². The van der Waals surface area contributed by atoms with E-state index in [1.165, 1.54) is 26.4 Å². The summed E-state index contributed by atoms with van der Waals surface area (Å²) in [5, 5.41) is 44.2. The molecule has 316 valence electrons. The lowest BCUT2D eigenvalue weighted by atomic mass is 10.0. The van der Waals surface area contributed by atoms with E-state index in [1.54, 1.807) is 0 Å². The number of amides is 7. The minimum Gasteiger partial charge on any atom is -0.480 e. The van der Waals surface area contributed by atoms with E-state index in [9.17, 15) is 53.7 Å². The smallest absolute Gasteiger partial charge is 0.326 e. The van der Waals surface area contributed by atoms with Gasteiger partial charge in [-0.25, -0.2) is 9.78 Å². The fourth-order valence-electron chi connectivity index (χ4n) is 5.13. The van der Waals surface area contributed by atoms with Crippen LogP contribution in [0.15, 0.2) is 12.5 Å². The maximum Gasteiger partial charge on any atom is 0.326 e. The number of H-pyrrole nitrogens is 1. The summed E-state index contributed by atoms with van der Waals surface area (Å²) in [4.78, 5) is 109. The molecule has 23 heteroatoms. The molecule has 1 heterocycles. The summed E-state index contributed by atoms with van der Waals surface area (Å²) in [7, 11) is 0. The van der Waals surface area contributed by atoms with Gasteiger partial charge < -0.3 is 75.1 Å². The second kappa shape index (κ2) is 25.8. The third kappa shape index (κ3) is 17.9. The molecule has 0 bridgehead atoms. The average Bonchev–Trinajstić information content (AvgIpc) is 3.65. The van der Waals surface area contributed by atoms with Gasteiger partial charge >= 0.3 is 5.97 Å². The Kier molecular flexibility index (Phi) is 22.5. The Morgan fingerprint density at radius 3 is 1.57 bits per heavy atom. The maximum absolute atomic E-state index is 13.6. The lowest BCUT2D eigenvalue weighted by Gasteiger charge is -2.27. The molecule has 0 aliphatic carbocycles. The van der Waals surface area contributed by atoms with Crippen LogP contribution in [0.1, 0.15) is 70.9 Å². The van der Waals surface area contributed by atoms with Crippen molar-refractivity contribution >= 4 is 47.3 Å². The van der Waals surface area contributed by atoms with Gasteiger partial charge in [-0.2, -0.15) is 0 Å². The SMILES string of the molecule is CC(N)C(=O)NC(C(=O)NC(CCCCN)C(=O)NC(CO)C(=O)NC(CCCCN)C(=O)NC(CCC(N)=O)C(=O)NC(Cc1cnc[nH]1)C(=O)O)C(C)O. The van der Waals surface area contributed by atoms with Gasteiger partial charge in [-0.05, 0) is 71.9 Å². The number of aliphatic carboxylic acids is 1. The number of unbranched alkanes of at least 4 members (excludes halogenated alkanes) is 2. The number of rotatable bonds is 28. The number of hydrogen-bond donors (Lipinski definition) is 14. The second-order valence-electron chi connectivity index (χ2n) is 13.2. The van der Waals surface area contributed by atoms with Crippen LogP contribution in [0.2, 0.25) is 0 Å². The third-order valence-corrected chi connectivity index (χ3v) is 8.36. The zero-order chi connectivity index (χ0) is 42.4. The van der Waals surface area contributed by atoms with Crippen molar-refractivity contribution in [2.24, 2.45) is 22.9 Å². The van der Waals surface area contributed by atoms with Crippen molar-refractivity contribution in [1.29, 1.82) is 0 Å². The van der Waals surface area contributed by atoms with Crippen molar-refractivity contribution in [2.45, 2.75) is 120 Å². The third-order valence-electron chi connectivity index (χ3n) is 8.36. The van der Waals surface area contributed by atoms with Crippen molar-refractivity contribution in [3.8, 4) is 0 Å². The van der Waals surface area contributed by atoms with E-state index in [0.717, 1.165) is 0 Å². The Bertz CT molecular complexity index is 1440. The molecular weight excluding hydrogens is 740 g/mol. The highest BCUT2D eigenvalue weighted by atomic mass is 16.4. The number of nitrogens with two attached hydrogens (primary N) is 4. The van der Waals surface area contributed by atoms with E-state index in [2.05, 4.69) is 41.9 Å². The number of carboxylic acid groups (broad SMARTS) is 1. The average molecular weight is 799 g/mol. The van der Waals surface area contributed by atoms with Gasteiger partial charge in [-0.3, -0.25) is 33.6 Å². The first-order valence-corrected chi connectivity index (χ1v) is 18.2. The van der Waals surface area contributed by atoms with Gasteiger partial charge in [0.15, 0.2) is 0 Å². The molecular formula is C33H58N12O11. The first kappa shape index (κ1) is 48.8. The molecule has 0 fully saturated rings. The van der Waals surface area contributed by atoms with Crippen molar-refractivity contribution < 1.29 is 53.7 Å². The van der Waals surface area contributed by atoms with Gasteiger partial charge in [-0.1, -0.05) is 0 Å². The molecule has 0 saturated carbocycles. The molecule has 0 aliphatic heterocycles. The first-order valence-electron chi connectivity index (χ1n) is 18.2. The molecule has 23 nitrogen and oxygen atoms in total. The zero-order valence-electron chi connectivity index (χ0n) is 31.6. The van der Waals surface area contributed by atoms with Gasteiger partial charge in [0.2, 0.25) is 41.4 Å². The molecule has 0 radical (unpaired) electrons. The largest absolute Gasteiger partial charge is 0.480 e. The van der Waals surface area contributed by atoms with E-state index >= 15 is 0 Å². The number of carbonyl (C=O) groups excluding carboxylic acids is 7. The van der Waals surface area contributed by atoms with Crippen LogP contribution < -0.4 is 54.8 Å². The van der Waals surface area contributed by atoms with Crippen molar-refractivity contribution in [3.63, 3.8) is 0 Å². The number of carboxylic acids is 1. The van der Waals surface area contributed by atoms with E-state index in [-0.39, 0.29) is 45.2 Å². The van der Waals surface area contributed by atoms with E-state index in [0.29, 0.717) is 31.4 Å². The molecule has 1 aromatic heterocycles. The number of aliphatic hydroxyl groups excluding tert-OH is 2. The predicted molar refractivity (Wildman–Crippen MR) is 198 cm³/mol. The fraction of sp³-hybridized carbons (Fsp3) is 0.667. The van der Waals surface area contributed by atoms with Crippen LogP contribution in [0.4, 0.5) is 0 Å². The predicted octanol–water partition coefficient (Wildman–Crippen LogP) is -5.81. The molecule has 18 N–H and O–H groups in total. The number of imidazole rings is 1. The number of aliphatic hydroxyl groups is 2. The normalized spacial score (nSPS) is 15.3. The lowest BCUT2D eigenvalue weighted by Crippen LogP contribution is -2.61. The molecule has 0 spiro atoms. The molecule has 0 aliphatic rings. The summed E-state index contributed by atoms with van der Waals surface area (Å²) in [5.41, 5.74) is 22.4. The Labute approximate surface area is 323 Å². The monoisotopic (exact) mass is 798 g/mol. The molecule has 1 aromatic rings. The van der Waals surface area contributed by atoms with Crippen LogP contribution in [0.5, 0.6) is 0 Å². The Morgan fingerprint density at radius 2 is 1.16 bits per heavy atom. The molecule has 1 rings (SSSR count). The standard InChI is InChI=1S/C33H58N12O11/c1-17(36)27(49)45-26(18(2)47)32(54)42-21(8-4-6-12-35)29(51)44-24(15-46)31(53)40-20(7-3-5-11-34)28(50)41-22(9-10-25(37)48)30(52)43-23(33(55)56)13-19-14-38-16-39-19/h14,16-18,20-24,26,46-47H,3-13,15,34-36H2,1-2H3,(H2,37,48)(H,38,39)(H,40,53)(H,41,50)(H,42,54)(H,43,52)(H,44,51)(H,45,49)(H,55,56). The van der Waals surface area contributed by atoms with Gasteiger partial charge in [0.25, 0.3) is 0 Å². The van der Waals surface area contributed by atoms with Crippen molar-refractivity contribution in [3.05, 3.63) is 18.2 Å². The first-order chi connectivity index (χ1) is 26.4. The molecule has 8 atom stereocenters. The minimum absolute atomic E-state index is 0.00576. The number of hydrogen-bond acceptors (Lipinski definition) is 14. The summed E-state index contributed by atoms with van der Waals surface area (Å²) in [5.74, 6) is -7.73. The summed E-state index contributed by atoms with van der Waals surface area (Å²) in [6, 6.07) is -9.84. The van der Waals surface area contributed by atoms with Gasteiger partial charge in [0.05, 0.1) is 25.1 Å². The molecule has 7 amide bonds. The maximum atomic E-state index is 13.6. The van der Waals surface area contributed by atoms with E-state index in [1.807, 2.05) is 0 Å². The quantitative estimate of drug-likeness (QED) is 0.0351. The molecule has 56 heavy (non-hydrogen) atoms. The molecule has 0 aromatic carbocycles. The Hall–Kier alpha value is -5.23. The van der Waals surface area contributed by atoms with Crippen LogP contribution in [-0.4, -0.2) is 141 Å². The van der Waals surface area contributed by atoms with E-state index in [4.69, 9.17) is 22.9 Å². The highest BCUT2D eigenvalue weighted by Crippen LogP contribution is 2.08. The Morgan fingerprint density at radius 1 is 0.696 bits per heavy atom. The summed E-state index contributed by atoms with van der Waals surface area (Å²) in [6.07, 6.45) is 1.86. The number of aromatic nitrogens is 2. The minimum atomic E-state index is -1.67. The fourth-order valence-corrected chi connectivity index (χ4v) is 5.13. The molecule has 0 saturated heterocycles. The number of primary amides is 1. The number of nitrogens with zero attached hydrogens (tertiary/aromatic N) is 1. The van der Waals surface area contributed by atoms with E-state index < -0.39 is 102 Å². The van der Waals surface area contributed by atoms with Crippen molar-refractivity contribution in [2.75, 3.05) is 19.7 Å². The van der Waals surface area contributed by atoms with Crippen LogP contribution in [0.25, 0.3) is 0 Å². The van der Waals surface area contributed by atoms with Gasteiger partial charge in [0.1, 0.15) is 36.3 Å². The van der Waals surface area contributed by atoms with Crippen LogP contribution in [0.3, 0.4) is 0 Å². The summed E-state index contributed by atoms with van der Waals surface area (Å²) >= 11 is 0. The number of carbonyl (C=O) groups is 8. The Balaban J connectivity index is 3.23. The highest BCUT2D eigenvalue weighted by Gasteiger charge is 2.34. The van der Waals surface area contributed by atoms with Crippen LogP contribution in [0, 0.1) is 0 Å². The lowest BCUT2D eigenvalue weighted by molar-refractivity contribution is -0.142.